The van der Waals surface area contributed by atoms with Crippen LogP contribution < -0.4 is 31.1 Å². The van der Waals surface area contributed by atoms with Gasteiger partial charge in [0.15, 0.2) is 0 Å². The minimum absolute atomic E-state index is 0.0174. The van der Waals surface area contributed by atoms with Gasteiger partial charge in [0.2, 0.25) is 23.6 Å². The Morgan fingerprint density at radius 3 is 2.37 bits per heavy atom. The van der Waals surface area contributed by atoms with E-state index >= 15 is 0 Å². The second-order valence-corrected chi connectivity index (χ2v) is 20.3. The lowest BCUT2D eigenvalue weighted by atomic mass is 9.75. The van der Waals surface area contributed by atoms with E-state index in [1.54, 1.807) is 74.3 Å². The number of pyridine rings is 1. The molecule has 23 heteroatoms. The Bertz CT molecular complexity index is 2830. The van der Waals surface area contributed by atoms with Crippen molar-refractivity contribution in [2.75, 3.05) is 55.0 Å². The van der Waals surface area contributed by atoms with Crippen LogP contribution in [0.4, 0.5) is 35.3 Å². The summed E-state index contributed by atoms with van der Waals surface area (Å²) >= 11 is 0. The predicted molar refractivity (Wildman–Crippen MR) is 272 cm³/mol. The highest BCUT2D eigenvalue weighted by atomic mass is 19.4. The number of rotatable bonds is 21. The molecule has 3 aliphatic rings. The molecule has 0 unspecified atom stereocenters. The molecule has 2 fully saturated rings. The summed E-state index contributed by atoms with van der Waals surface area (Å²) in [6.07, 6.45) is -1.51. The third-order valence-corrected chi connectivity index (χ3v) is 13.9. The fourth-order valence-electron chi connectivity index (χ4n) is 9.56. The third kappa shape index (κ3) is 13.7. The number of nitrogens with zero attached hydrogens (tertiary/aromatic N) is 8. The van der Waals surface area contributed by atoms with E-state index in [0.717, 1.165) is 36.9 Å². The number of carbonyl (C=O) groups excluding carboxylic acids is 6. The van der Waals surface area contributed by atoms with E-state index in [-0.39, 0.29) is 86.8 Å². The number of anilines is 3. The number of benzene rings is 2. The molecule has 76 heavy (non-hydrogen) atoms. The molecule has 20 nitrogen and oxygen atoms in total. The van der Waals surface area contributed by atoms with Crippen LogP contribution >= 0.6 is 0 Å². The van der Waals surface area contributed by atoms with E-state index in [2.05, 4.69) is 43.3 Å². The Morgan fingerprint density at radius 1 is 1.00 bits per heavy atom. The van der Waals surface area contributed by atoms with Crippen molar-refractivity contribution >= 4 is 53.0 Å². The molecule has 5 heterocycles. The molecule has 7 rings (SSSR count). The molecule has 2 saturated heterocycles. The number of nitriles is 1. The Labute approximate surface area is 439 Å². The number of piperidine rings is 1. The average Bonchev–Trinajstić information content (AvgIpc) is 3.96. The third-order valence-electron chi connectivity index (χ3n) is 13.9. The molecule has 4 N–H and O–H groups in total. The first kappa shape index (κ1) is 56.3. The van der Waals surface area contributed by atoms with E-state index in [4.69, 9.17) is 14.5 Å². The van der Waals surface area contributed by atoms with Gasteiger partial charge < -0.3 is 35.3 Å². The van der Waals surface area contributed by atoms with Gasteiger partial charge in [-0.15, -0.1) is 10.2 Å². The van der Waals surface area contributed by atoms with Crippen molar-refractivity contribution in [3.05, 3.63) is 94.1 Å². The summed E-state index contributed by atoms with van der Waals surface area (Å²) in [6, 6.07) is 12.4. The molecule has 0 spiro atoms. The SMILES string of the molecule is CNC(=O)CCCC(=O)N[C@H](C(=O)N[C@@H](C)C(=O)Nc1ccc(COC(=O)N(CCC#N)c2cc(C3(Cc4nncn4C)COC3)cc(N3Cc4c(cc(CN5CCC[C@H](C)C5)cc4C(F)(F)F)C3=O)n2)cc1)C(C)C. The van der Waals surface area contributed by atoms with Gasteiger partial charge >= 0.3 is 12.3 Å². The van der Waals surface area contributed by atoms with Gasteiger partial charge in [0, 0.05) is 69.7 Å². The maximum Gasteiger partial charge on any atom is 0.416 e. The number of hydrogen-bond donors (Lipinski definition) is 4. The fraction of sp³-hybridized carbons (Fsp3) is 0.509. The summed E-state index contributed by atoms with van der Waals surface area (Å²) < 4.78 is 58.0. The summed E-state index contributed by atoms with van der Waals surface area (Å²) in [5, 5.41) is 28.6. The van der Waals surface area contributed by atoms with Crippen LogP contribution in [0.2, 0.25) is 0 Å². The molecule has 406 valence electrons. The fourth-order valence-corrected chi connectivity index (χ4v) is 9.56. The summed E-state index contributed by atoms with van der Waals surface area (Å²) in [6.45, 7) is 8.29. The van der Waals surface area contributed by atoms with E-state index in [1.807, 2.05) is 6.07 Å². The molecule has 4 aromatic rings. The number of carbonyl (C=O) groups is 6. The first-order valence-corrected chi connectivity index (χ1v) is 25.4. The molecule has 0 radical (unpaired) electrons. The number of hydrogen-bond acceptors (Lipinski definition) is 13. The van der Waals surface area contributed by atoms with Gasteiger partial charge in [-0.1, -0.05) is 32.9 Å². The number of fused-ring (bicyclic) bond motifs is 1. The molecule has 3 atom stereocenters. The zero-order valence-electron chi connectivity index (χ0n) is 43.6. The van der Waals surface area contributed by atoms with Crippen LogP contribution in [-0.2, 0) is 73.4 Å². The van der Waals surface area contributed by atoms with Crippen LogP contribution in [0.15, 0.2) is 54.9 Å². The monoisotopic (exact) mass is 1050 g/mol. The summed E-state index contributed by atoms with van der Waals surface area (Å²) in [5.74, 6) is -1.74. The quantitative estimate of drug-likeness (QED) is 0.0785. The van der Waals surface area contributed by atoms with Gasteiger partial charge in [-0.05, 0) is 103 Å². The highest BCUT2D eigenvalue weighted by Crippen LogP contribution is 2.43. The van der Waals surface area contributed by atoms with Crippen LogP contribution in [0.3, 0.4) is 0 Å². The van der Waals surface area contributed by atoms with E-state index in [0.29, 0.717) is 47.0 Å². The number of halogens is 3. The molecule has 2 aromatic carbocycles. The number of nitrogens with one attached hydrogen (secondary N) is 4. The van der Waals surface area contributed by atoms with E-state index < -0.39 is 65.5 Å². The minimum Gasteiger partial charge on any atom is -0.444 e. The smallest absolute Gasteiger partial charge is 0.416 e. The zero-order valence-corrected chi connectivity index (χ0v) is 43.6. The number of likely N-dealkylation sites (tertiary alicyclic amines) is 1. The first-order chi connectivity index (χ1) is 36.2. The normalized spacial score (nSPS) is 16.9. The van der Waals surface area contributed by atoms with Crippen molar-refractivity contribution in [1.29, 1.82) is 5.26 Å². The van der Waals surface area contributed by atoms with Crippen molar-refractivity contribution in [3.8, 4) is 6.07 Å². The van der Waals surface area contributed by atoms with Crippen LogP contribution in [0.5, 0.6) is 0 Å². The molecule has 2 aromatic heterocycles. The second-order valence-electron chi connectivity index (χ2n) is 20.3. The number of amides is 6. The molecular weight excluding hydrogens is 990 g/mol. The van der Waals surface area contributed by atoms with Crippen LogP contribution in [0.1, 0.15) is 110 Å². The van der Waals surface area contributed by atoms with Gasteiger partial charge in [0.05, 0.1) is 37.8 Å². The molecule has 0 aliphatic carbocycles. The van der Waals surface area contributed by atoms with Gasteiger partial charge in [-0.3, -0.25) is 38.7 Å². The predicted octanol–water partition coefficient (Wildman–Crippen LogP) is 5.69. The number of aryl methyl sites for hydroxylation is 1. The lowest BCUT2D eigenvalue weighted by molar-refractivity contribution is -0.138. The van der Waals surface area contributed by atoms with Gasteiger partial charge in [0.25, 0.3) is 5.91 Å². The van der Waals surface area contributed by atoms with E-state index in [1.165, 1.54) is 18.9 Å². The van der Waals surface area contributed by atoms with Crippen molar-refractivity contribution in [3.63, 3.8) is 0 Å². The molecule has 3 aliphatic heterocycles. The largest absolute Gasteiger partial charge is 0.444 e. The Morgan fingerprint density at radius 2 is 1.74 bits per heavy atom. The molecule has 6 amide bonds. The van der Waals surface area contributed by atoms with Crippen LogP contribution in [-0.4, -0.2) is 112 Å². The van der Waals surface area contributed by atoms with Crippen molar-refractivity contribution < 1.29 is 51.4 Å². The standard InChI is InChI=1S/C53H65F3N12O8/c1-32(2)47(63-46(70)12-7-11-45(69)58-5)49(72)60-34(4)48(71)61-38-15-13-35(14-16-38)28-76-51(74)67(19-9-17-57)42-22-37(52(29-75-30-52)24-44-64-59-31-65(44)6)23-43(62-42)68-27-40-39(50(68)73)20-36(21-41(40)53(54,55)56)26-66-18-8-10-33(3)25-66/h13-16,20-23,31-34,47H,7-12,18-19,24-30H2,1-6H3,(H,58,69)(H,60,72)(H,61,71)(H,63,70)/t33-,34-,47-/m0/s1. The summed E-state index contributed by atoms with van der Waals surface area (Å²) in [7, 11) is 3.29. The van der Waals surface area contributed by atoms with Crippen LogP contribution in [0, 0.1) is 23.2 Å². The summed E-state index contributed by atoms with van der Waals surface area (Å²) in [4.78, 5) is 88.3. The molecule has 0 bridgehead atoms. The van der Waals surface area contributed by atoms with E-state index in [9.17, 15) is 47.2 Å². The molecule has 0 saturated carbocycles. The summed E-state index contributed by atoms with van der Waals surface area (Å²) in [5.41, 5.74) is -0.146. The lowest BCUT2D eigenvalue weighted by Crippen LogP contribution is -2.53. The number of aromatic nitrogens is 4. The van der Waals surface area contributed by atoms with Gasteiger partial charge in [-0.25, -0.2) is 9.78 Å². The average molecular weight is 1060 g/mol. The van der Waals surface area contributed by atoms with Gasteiger partial charge in [0.1, 0.15) is 42.5 Å². The highest BCUT2D eigenvalue weighted by Gasteiger charge is 2.45. The number of alkyl halides is 3. The molecular formula is C53H65F3N12O8. The Kier molecular flexibility index (Phi) is 18.1. The van der Waals surface area contributed by atoms with Crippen molar-refractivity contribution in [2.24, 2.45) is 18.9 Å². The maximum absolute atomic E-state index is 14.9. The van der Waals surface area contributed by atoms with Crippen molar-refractivity contribution in [2.45, 2.75) is 116 Å². The Balaban J connectivity index is 1.08. The highest BCUT2D eigenvalue weighted by molar-refractivity contribution is 6.10. The Hall–Kier alpha value is -7.45. The number of ether oxygens (including phenoxy) is 2. The minimum atomic E-state index is -4.77. The van der Waals surface area contributed by atoms with Crippen LogP contribution in [0.25, 0.3) is 0 Å². The topological polar surface area (TPSA) is 246 Å². The zero-order chi connectivity index (χ0) is 54.9. The second kappa shape index (κ2) is 24.5. The first-order valence-electron chi connectivity index (χ1n) is 25.4. The lowest BCUT2D eigenvalue weighted by Gasteiger charge is -2.42. The van der Waals surface area contributed by atoms with Gasteiger partial charge in [-0.2, -0.15) is 18.4 Å². The van der Waals surface area contributed by atoms with Crippen molar-refractivity contribution in [1.82, 2.24) is 40.6 Å². The maximum atomic E-state index is 14.9.